The van der Waals surface area contributed by atoms with Crippen LogP contribution >= 0.6 is 0 Å². The van der Waals surface area contributed by atoms with Crippen molar-refractivity contribution in [3.8, 4) is 6.19 Å². The van der Waals surface area contributed by atoms with Gasteiger partial charge in [-0.2, -0.15) is 5.26 Å². The van der Waals surface area contributed by atoms with Crippen molar-refractivity contribution in [1.29, 1.82) is 5.26 Å². The van der Waals surface area contributed by atoms with E-state index in [-0.39, 0.29) is 11.8 Å². The van der Waals surface area contributed by atoms with Crippen LogP contribution in [0.2, 0.25) is 0 Å². The maximum Gasteiger partial charge on any atom is 0.230 e. The molecular weight excluding hydrogens is 194 g/mol. The molecule has 1 saturated heterocycles. The second-order valence-corrected chi connectivity index (χ2v) is 3.48. The van der Waals surface area contributed by atoms with Crippen molar-refractivity contribution in [3.05, 3.63) is 12.5 Å². The summed E-state index contributed by atoms with van der Waals surface area (Å²) in [6, 6.07) is 0. The molecule has 0 spiro atoms. The fourth-order valence-electron chi connectivity index (χ4n) is 1.62. The number of imidazole rings is 1. The monoisotopic (exact) mass is 205 g/mol. The summed E-state index contributed by atoms with van der Waals surface area (Å²) in [5.74, 6) is 0.344. The Morgan fingerprint density at radius 2 is 2.67 bits per heavy atom. The van der Waals surface area contributed by atoms with Crippen LogP contribution in [0.1, 0.15) is 6.42 Å². The van der Waals surface area contributed by atoms with E-state index < -0.39 is 0 Å². The molecule has 1 aliphatic heterocycles. The quantitative estimate of drug-likeness (QED) is 0.673. The molecule has 1 fully saturated rings. The number of aromatic amines is 1. The van der Waals surface area contributed by atoms with Crippen LogP contribution < -0.4 is 5.32 Å². The van der Waals surface area contributed by atoms with Crippen LogP contribution in [0.5, 0.6) is 0 Å². The van der Waals surface area contributed by atoms with Crippen molar-refractivity contribution >= 4 is 11.7 Å². The van der Waals surface area contributed by atoms with Crippen molar-refractivity contribution in [2.45, 2.75) is 6.42 Å². The molecule has 0 aromatic carbocycles. The lowest BCUT2D eigenvalue weighted by Gasteiger charge is -2.08. The molecule has 0 aliphatic carbocycles. The molecule has 0 saturated carbocycles. The summed E-state index contributed by atoms with van der Waals surface area (Å²) in [4.78, 5) is 19.9. The number of amides is 1. The summed E-state index contributed by atoms with van der Waals surface area (Å²) in [5.41, 5.74) is 0. The van der Waals surface area contributed by atoms with Crippen molar-refractivity contribution in [3.63, 3.8) is 0 Å². The normalized spacial score (nSPS) is 19.9. The fourth-order valence-corrected chi connectivity index (χ4v) is 1.62. The van der Waals surface area contributed by atoms with Crippen LogP contribution in [0.4, 0.5) is 5.82 Å². The highest BCUT2D eigenvalue weighted by Crippen LogP contribution is 2.16. The summed E-state index contributed by atoms with van der Waals surface area (Å²) in [6.45, 7) is 1.17. The zero-order valence-electron chi connectivity index (χ0n) is 8.10. The molecule has 0 bridgehead atoms. The van der Waals surface area contributed by atoms with Gasteiger partial charge in [0.15, 0.2) is 12.0 Å². The number of hydrogen-bond acceptors (Lipinski definition) is 4. The highest BCUT2D eigenvalue weighted by atomic mass is 16.2. The van der Waals surface area contributed by atoms with Gasteiger partial charge in [-0.15, -0.1) is 0 Å². The Morgan fingerprint density at radius 1 is 1.80 bits per heavy atom. The number of nitriles is 1. The Bertz CT molecular complexity index is 380. The third-order valence-corrected chi connectivity index (χ3v) is 2.45. The van der Waals surface area contributed by atoms with E-state index in [2.05, 4.69) is 15.3 Å². The van der Waals surface area contributed by atoms with Crippen molar-refractivity contribution < 1.29 is 4.79 Å². The number of nitrogens with zero attached hydrogens (tertiary/aromatic N) is 3. The molecule has 2 rings (SSSR count). The summed E-state index contributed by atoms with van der Waals surface area (Å²) >= 11 is 0. The number of likely N-dealkylation sites (tertiary alicyclic amines) is 1. The SMILES string of the molecule is N#CN1CC[C@H](C(=O)Nc2c[nH]cn2)C1. The van der Waals surface area contributed by atoms with Crippen LogP contribution in [0.3, 0.4) is 0 Å². The molecular formula is C9H11N5O. The first-order valence-corrected chi connectivity index (χ1v) is 4.74. The van der Waals surface area contributed by atoms with E-state index in [1.807, 2.05) is 6.19 Å². The molecule has 1 aliphatic rings. The molecule has 1 amide bonds. The Kier molecular flexibility index (Phi) is 2.54. The Hall–Kier alpha value is -2.03. The second-order valence-electron chi connectivity index (χ2n) is 3.48. The number of hydrogen-bond donors (Lipinski definition) is 2. The summed E-state index contributed by atoms with van der Waals surface area (Å²) in [6.07, 6.45) is 5.89. The molecule has 6 nitrogen and oxygen atoms in total. The van der Waals surface area contributed by atoms with E-state index in [1.165, 1.54) is 6.33 Å². The van der Waals surface area contributed by atoms with Crippen molar-refractivity contribution in [1.82, 2.24) is 14.9 Å². The third kappa shape index (κ3) is 2.07. The Labute approximate surface area is 86.9 Å². The topological polar surface area (TPSA) is 84.8 Å². The van der Waals surface area contributed by atoms with E-state index in [0.717, 1.165) is 6.42 Å². The van der Waals surface area contributed by atoms with Crippen LogP contribution in [0.15, 0.2) is 12.5 Å². The molecule has 15 heavy (non-hydrogen) atoms. The van der Waals surface area contributed by atoms with E-state index in [9.17, 15) is 4.79 Å². The van der Waals surface area contributed by atoms with Gasteiger partial charge in [-0.25, -0.2) is 4.98 Å². The first-order chi connectivity index (χ1) is 7.29. The van der Waals surface area contributed by atoms with Gasteiger partial charge in [0, 0.05) is 19.3 Å². The van der Waals surface area contributed by atoms with E-state index in [4.69, 9.17) is 5.26 Å². The van der Waals surface area contributed by atoms with Gasteiger partial charge in [0.05, 0.1) is 12.2 Å². The first kappa shape index (κ1) is 9.52. The van der Waals surface area contributed by atoms with Gasteiger partial charge < -0.3 is 15.2 Å². The van der Waals surface area contributed by atoms with Crippen LogP contribution in [-0.4, -0.2) is 33.9 Å². The lowest BCUT2D eigenvalue weighted by Crippen LogP contribution is -2.25. The summed E-state index contributed by atoms with van der Waals surface area (Å²) < 4.78 is 0. The summed E-state index contributed by atoms with van der Waals surface area (Å²) in [7, 11) is 0. The Balaban J connectivity index is 1.90. The fraction of sp³-hybridized carbons (Fsp3) is 0.444. The largest absolute Gasteiger partial charge is 0.349 e. The molecule has 2 heterocycles. The lowest BCUT2D eigenvalue weighted by molar-refractivity contribution is -0.119. The van der Waals surface area contributed by atoms with Crippen molar-refractivity contribution in [2.24, 2.45) is 5.92 Å². The minimum atomic E-state index is -0.110. The average molecular weight is 205 g/mol. The standard InChI is InChI=1S/C9H11N5O/c10-5-14-2-1-7(4-14)9(15)13-8-3-11-6-12-8/h3,6-7H,1-2,4H2,(H,11,12)(H,13,15)/t7-/m0/s1. The van der Waals surface area contributed by atoms with Gasteiger partial charge in [-0.05, 0) is 6.42 Å². The molecule has 78 valence electrons. The van der Waals surface area contributed by atoms with Gasteiger partial charge in [-0.1, -0.05) is 0 Å². The zero-order chi connectivity index (χ0) is 10.7. The van der Waals surface area contributed by atoms with Gasteiger partial charge in [0.1, 0.15) is 0 Å². The predicted molar refractivity (Wildman–Crippen MR) is 52.5 cm³/mol. The highest BCUT2D eigenvalue weighted by molar-refractivity contribution is 5.91. The second kappa shape index (κ2) is 4.00. The molecule has 2 N–H and O–H groups in total. The van der Waals surface area contributed by atoms with Crippen LogP contribution in [0.25, 0.3) is 0 Å². The molecule has 6 heteroatoms. The zero-order valence-corrected chi connectivity index (χ0v) is 8.10. The van der Waals surface area contributed by atoms with Crippen molar-refractivity contribution in [2.75, 3.05) is 18.4 Å². The third-order valence-electron chi connectivity index (χ3n) is 2.45. The molecule has 1 aromatic rings. The van der Waals surface area contributed by atoms with E-state index >= 15 is 0 Å². The smallest absolute Gasteiger partial charge is 0.230 e. The van der Waals surface area contributed by atoms with E-state index in [1.54, 1.807) is 11.1 Å². The number of anilines is 1. The molecule has 1 aromatic heterocycles. The first-order valence-electron chi connectivity index (χ1n) is 4.74. The molecule has 1 atom stereocenters. The Morgan fingerprint density at radius 3 is 3.27 bits per heavy atom. The number of H-pyrrole nitrogens is 1. The average Bonchev–Trinajstić information content (AvgIpc) is 2.86. The minimum Gasteiger partial charge on any atom is -0.349 e. The number of aromatic nitrogens is 2. The van der Waals surface area contributed by atoms with Crippen LogP contribution in [0, 0.1) is 17.4 Å². The van der Waals surface area contributed by atoms with Gasteiger partial charge in [0.25, 0.3) is 0 Å². The van der Waals surface area contributed by atoms with Gasteiger partial charge >= 0.3 is 0 Å². The summed E-state index contributed by atoms with van der Waals surface area (Å²) in [5, 5.41) is 11.3. The lowest BCUT2D eigenvalue weighted by atomic mass is 10.1. The van der Waals surface area contributed by atoms with Gasteiger partial charge in [0.2, 0.25) is 5.91 Å². The maximum absolute atomic E-state index is 11.7. The maximum atomic E-state index is 11.7. The van der Waals surface area contributed by atoms with E-state index in [0.29, 0.717) is 18.9 Å². The highest BCUT2D eigenvalue weighted by Gasteiger charge is 2.27. The predicted octanol–water partition coefficient (Wildman–Crippen LogP) is 0.151. The van der Waals surface area contributed by atoms with Gasteiger partial charge in [-0.3, -0.25) is 4.79 Å². The minimum absolute atomic E-state index is 0.0696. The van der Waals surface area contributed by atoms with Crippen LogP contribution in [-0.2, 0) is 4.79 Å². The number of nitrogens with one attached hydrogen (secondary N) is 2. The number of carbonyl (C=O) groups is 1. The number of rotatable bonds is 2. The number of carbonyl (C=O) groups excluding carboxylic acids is 1. The molecule has 0 unspecified atom stereocenters. The molecule has 0 radical (unpaired) electrons.